The van der Waals surface area contributed by atoms with Crippen LogP contribution in [0.2, 0.25) is 0 Å². The van der Waals surface area contributed by atoms with E-state index in [9.17, 15) is 4.79 Å². The van der Waals surface area contributed by atoms with Crippen LogP contribution in [0.3, 0.4) is 0 Å². The van der Waals surface area contributed by atoms with Crippen molar-refractivity contribution >= 4 is 5.91 Å². The van der Waals surface area contributed by atoms with Crippen LogP contribution in [0.5, 0.6) is 0 Å². The summed E-state index contributed by atoms with van der Waals surface area (Å²) in [5, 5.41) is 2.97. The number of carbonyl (C=O) groups is 1. The zero-order valence-corrected chi connectivity index (χ0v) is 11.3. The van der Waals surface area contributed by atoms with Crippen molar-refractivity contribution in [2.75, 3.05) is 19.8 Å². The zero-order chi connectivity index (χ0) is 13.2. The van der Waals surface area contributed by atoms with Gasteiger partial charge in [0, 0.05) is 17.5 Å². The maximum Gasteiger partial charge on any atom is 0.251 e. The summed E-state index contributed by atoms with van der Waals surface area (Å²) in [5.74, 6) is 0.492. The predicted octanol–water partition coefficient (Wildman–Crippen LogP) is 2.58. The number of hydrogen-bond donors (Lipinski definition) is 1. The first-order valence-corrected chi connectivity index (χ1v) is 6.46. The Morgan fingerprint density at radius 2 is 1.94 bits per heavy atom. The molecular weight excluding hydrogens is 226 g/mol. The van der Waals surface area contributed by atoms with Crippen molar-refractivity contribution in [2.24, 2.45) is 5.41 Å². The van der Waals surface area contributed by atoms with E-state index in [1.165, 1.54) is 5.56 Å². The molecule has 0 unspecified atom stereocenters. The highest BCUT2D eigenvalue weighted by atomic mass is 16.5. The van der Waals surface area contributed by atoms with Gasteiger partial charge in [-0.2, -0.15) is 0 Å². The molecule has 2 rings (SSSR count). The second kappa shape index (κ2) is 5.11. The van der Waals surface area contributed by atoms with Crippen LogP contribution < -0.4 is 5.32 Å². The normalized spacial score (nSPS) is 17.3. The summed E-state index contributed by atoms with van der Waals surface area (Å²) >= 11 is 0. The fourth-order valence-electron chi connectivity index (χ4n) is 1.97. The van der Waals surface area contributed by atoms with Crippen LogP contribution in [0.25, 0.3) is 0 Å². The lowest BCUT2D eigenvalue weighted by Gasteiger charge is -2.38. The quantitative estimate of drug-likeness (QED) is 0.888. The number of rotatable bonds is 4. The molecule has 0 aliphatic carbocycles. The number of nitrogens with one attached hydrogen (secondary N) is 1. The number of benzene rings is 1. The molecule has 1 aliphatic rings. The predicted molar refractivity (Wildman–Crippen MR) is 71.8 cm³/mol. The van der Waals surface area contributed by atoms with Gasteiger partial charge in [0.2, 0.25) is 0 Å². The lowest BCUT2D eigenvalue weighted by atomic mass is 9.88. The molecule has 1 heterocycles. The first-order chi connectivity index (χ1) is 8.50. The molecule has 0 radical (unpaired) electrons. The average molecular weight is 247 g/mol. The van der Waals surface area contributed by atoms with Crippen LogP contribution in [-0.4, -0.2) is 25.7 Å². The summed E-state index contributed by atoms with van der Waals surface area (Å²) in [5.41, 5.74) is 2.10. The minimum Gasteiger partial charge on any atom is -0.380 e. The van der Waals surface area contributed by atoms with E-state index >= 15 is 0 Å². The number of carbonyl (C=O) groups excluding carboxylic acids is 1. The Labute approximate surface area is 109 Å². The van der Waals surface area contributed by atoms with Gasteiger partial charge in [-0.15, -0.1) is 0 Å². The van der Waals surface area contributed by atoms with Gasteiger partial charge in [0.25, 0.3) is 5.91 Å². The summed E-state index contributed by atoms with van der Waals surface area (Å²) in [6.07, 6.45) is 0. The molecule has 0 atom stereocenters. The highest BCUT2D eigenvalue weighted by Gasteiger charge is 2.33. The van der Waals surface area contributed by atoms with E-state index < -0.39 is 0 Å². The summed E-state index contributed by atoms with van der Waals surface area (Å²) < 4.78 is 5.17. The molecule has 98 valence electrons. The van der Waals surface area contributed by atoms with Gasteiger partial charge < -0.3 is 10.1 Å². The molecule has 3 heteroatoms. The van der Waals surface area contributed by atoms with Crippen molar-refractivity contribution in [1.82, 2.24) is 5.32 Å². The van der Waals surface area contributed by atoms with Crippen LogP contribution in [0, 0.1) is 5.41 Å². The highest BCUT2D eigenvalue weighted by molar-refractivity contribution is 5.94. The highest BCUT2D eigenvalue weighted by Crippen LogP contribution is 2.25. The first kappa shape index (κ1) is 13.1. The molecule has 1 fully saturated rings. The van der Waals surface area contributed by atoms with Gasteiger partial charge in [-0.1, -0.05) is 32.9 Å². The van der Waals surface area contributed by atoms with Crippen LogP contribution in [-0.2, 0) is 4.74 Å². The van der Waals surface area contributed by atoms with Crippen molar-refractivity contribution in [3.8, 4) is 0 Å². The van der Waals surface area contributed by atoms with E-state index in [1.54, 1.807) is 0 Å². The molecular formula is C15H21NO2. The molecule has 1 aromatic rings. The van der Waals surface area contributed by atoms with Gasteiger partial charge >= 0.3 is 0 Å². The van der Waals surface area contributed by atoms with E-state index in [2.05, 4.69) is 26.1 Å². The van der Waals surface area contributed by atoms with Crippen molar-refractivity contribution in [1.29, 1.82) is 0 Å². The molecule has 0 aromatic heterocycles. The molecule has 1 aliphatic heterocycles. The molecule has 0 spiro atoms. The van der Waals surface area contributed by atoms with Crippen LogP contribution >= 0.6 is 0 Å². The Morgan fingerprint density at radius 3 is 2.39 bits per heavy atom. The zero-order valence-electron chi connectivity index (χ0n) is 11.3. The monoisotopic (exact) mass is 247 g/mol. The van der Waals surface area contributed by atoms with Crippen LogP contribution in [0.15, 0.2) is 24.3 Å². The summed E-state index contributed by atoms with van der Waals surface area (Å²) in [6.45, 7) is 8.56. The van der Waals surface area contributed by atoms with E-state index in [1.807, 2.05) is 24.3 Å². The minimum absolute atomic E-state index is 0.00145. The third-order valence-corrected chi connectivity index (χ3v) is 3.42. The van der Waals surface area contributed by atoms with Gasteiger partial charge in [-0.3, -0.25) is 4.79 Å². The number of hydrogen-bond acceptors (Lipinski definition) is 2. The maximum atomic E-state index is 12.0. The Hall–Kier alpha value is -1.35. The second-order valence-corrected chi connectivity index (χ2v) is 5.76. The maximum absolute atomic E-state index is 12.0. The smallest absolute Gasteiger partial charge is 0.251 e. The van der Waals surface area contributed by atoms with E-state index in [0.717, 1.165) is 18.8 Å². The summed E-state index contributed by atoms with van der Waals surface area (Å²) in [6, 6.07) is 7.83. The largest absolute Gasteiger partial charge is 0.380 e. The molecule has 0 bridgehead atoms. The van der Waals surface area contributed by atoms with Crippen LogP contribution in [0.4, 0.5) is 0 Å². The van der Waals surface area contributed by atoms with Crippen molar-refractivity contribution in [3.05, 3.63) is 35.4 Å². The van der Waals surface area contributed by atoms with Gasteiger partial charge in [-0.05, 0) is 23.6 Å². The average Bonchev–Trinajstić information content (AvgIpc) is 2.33. The third kappa shape index (κ3) is 2.91. The molecule has 1 N–H and O–H groups in total. The van der Waals surface area contributed by atoms with Gasteiger partial charge in [0.05, 0.1) is 13.2 Å². The van der Waals surface area contributed by atoms with Gasteiger partial charge in [0.15, 0.2) is 0 Å². The topological polar surface area (TPSA) is 38.3 Å². The third-order valence-electron chi connectivity index (χ3n) is 3.42. The standard InChI is InChI=1S/C15H21NO2/c1-11(2)12-4-6-13(7-5-12)14(17)16-8-15(3)9-18-10-15/h4-7,11H,8-10H2,1-3H3,(H,16,17). The Bertz CT molecular complexity index is 419. The Morgan fingerprint density at radius 1 is 1.33 bits per heavy atom. The minimum atomic E-state index is -0.00145. The molecule has 1 amide bonds. The second-order valence-electron chi connectivity index (χ2n) is 5.76. The summed E-state index contributed by atoms with van der Waals surface area (Å²) in [4.78, 5) is 12.0. The molecule has 1 saturated heterocycles. The SMILES string of the molecule is CC(C)c1ccc(C(=O)NCC2(C)COC2)cc1. The van der Waals surface area contributed by atoms with Gasteiger partial charge in [-0.25, -0.2) is 0 Å². The number of ether oxygens (including phenoxy) is 1. The lowest BCUT2D eigenvalue weighted by Crippen LogP contribution is -2.48. The Balaban J connectivity index is 1.92. The Kier molecular flexibility index (Phi) is 3.71. The van der Waals surface area contributed by atoms with Crippen LogP contribution in [0.1, 0.15) is 42.6 Å². The summed E-state index contributed by atoms with van der Waals surface area (Å²) in [7, 11) is 0. The van der Waals surface area contributed by atoms with E-state index in [-0.39, 0.29) is 11.3 Å². The molecule has 3 nitrogen and oxygen atoms in total. The van der Waals surface area contributed by atoms with Crippen molar-refractivity contribution in [2.45, 2.75) is 26.7 Å². The molecule has 18 heavy (non-hydrogen) atoms. The first-order valence-electron chi connectivity index (χ1n) is 6.46. The van der Waals surface area contributed by atoms with Crippen molar-refractivity contribution in [3.63, 3.8) is 0 Å². The lowest BCUT2D eigenvalue weighted by molar-refractivity contribution is -0.0978. The molecule has 1 aromatic carbocycles. The van der Waals surface area contributed by atoms with Crippen molar-refractivity contribution < 1.29 is 9.53 Å². The van der Waals surface area contributed by atoms with E-state index in [4.69, 9.17) is 4.74 Å². The van der Waals surface area contributed by atoms with Gasteiger partial charge in [0.1, 0.15) is 0 Å². The fraction of sp³-hybridized carbons (Fsp3) is 0.533. The number of amides is 1. The van der Waals surface area contributed by atoms with E-state index in [0.29, 0.717) is 12.5 Å². The fourth-order valence-corrected chi connectivity index (χ4v) is 1.97. The molecule has 0 saturated carbocycles.